The lowest BCUT2D eigenvalue weighted by Crippen LogP contribution is -1.78. The average Bonchev–Trinajstić information content (AvgIpc) is 1.89. The van der Waals surface area contributed by atoms with Gasteiger partial charge in [-0.3, -0.25) is 0 Å². The molecule has 0 saturated heterocycles. The first-order valence-corrected chi connectivity index (χ1v) is 4.61. The van der Waals surface area contributed by atoms with Gasteiger partial charge in [0.15, 0.2) is 0 Å². The van der Waals surface area contributed by atoms with E-state index in [-0.39, 0.29) is 0 Å². The first-order chi connectivity index (χ1) is 4.31. The van der Waals surface area contributed by atoms with Gasteiger partial charge in [-0.25, -0.2) is 0 Å². The maximum atomic E-state index is 3.40. The van der Waals surface area contributed by atoms with E-state index in [0.717, 1.165) is 5.33 Å². The van der Waals surface area contributed by atoms with Crippen LogP contribution in [0.4, 0.5) is 0 Å². The van der Waals surface area contributed by atoms with E-state index in [2.05, 4.69) is 35.9 Å². The molecule has 9 heavy (non-hydrogen) atoms. The second-order valence-electron chi connectivity index (χ2n) is 2.28. The molecule has 0 aliphatic carbocycles. The van der Waals surface area contributed by atoms with Crippen LogP contribution in [0.5, 0.6) is 0 Å². The Bertz CT molecular complexity index is 84.6. The van der Waals surface area contributed by atoms with Crippen LogP contribution < -0.4 is 0 Å². The highest BCUT2D eigenvalue weighted by Crippen LogP contribution is 2.06. The third-order valence-corrected chi connectivity index (χ3v) is 2.01. The minimum Gasteiger partial charge on any atom is -0.0928 e. The van der Waals surface area contributed by atoms with Crippen LogP contribution >= 0.6 is 15.9 Å². The van der Waals surface area contributed by atoms with Crippen molar-refractivity contribution in [2.24, 2.45) is 0 Å². The fraction of sp³-hybridized carbons (Fsp3) is 0.750. The zero-order valence-corrected chi connectivity index (χ0v) is 7.87. The Morgan fingerprint density at radius 1 is 1.44 bits per heavy atom. The SMILES string of the molecule is C/C=C(\C)CCCCBr. The molecule has 0 nitrogen and oxygen atoms in total. The van der Waals surface area contributed by atoms with Crippen LogP contribution in [0, 0.1) is 0 Å². The summed E-state index contributed by atoms with van der Waals surface area (Å²) in [7, 11) is 0. The third-order valence-electron chi connectivity index (χ3n) is 1.45. The molecule has 0 aliphatic heterocycles. The van der Waals surface area contributed by atoms with Gasteiger partial charge in [0, 0.05) is 5.33 Å². The van der Waals surface area contributed by atoms with Gasteiger partial charge >= 0.3 is 0 Å². The molecular weight excluding hydrogens is 176 g/mol. The Hall–Kier alpha value is 0.220. The number of halogens is 1. The van der Waals surface area contributed by atoms with Crippen LogP contribution in [0.2, 0.25) is 0 Å². The van der Waals surface area contributed by atoms with Gasteiger partial charge in [-0.2, -0.15) is 0 Å². The van der Waals surface area contributed by atoms with Gasteiger partial charge < -0.3 is 0 Å². The van der Waals surface area contributed by atoms with E-state index in [4.69, 9.17) is 0 Å². The molecule has 0 aromatic heterocycles. The average molecular weight is 191 g/mol. The molecule has 0 unspecified atom stereocenters. The molecule has 0 spiro atoms. The Morgan fingerprint density at radius 3 is 2.56 bits per heavy atom. The van der Waals surface area contributed by atoms with E-state index >= 15 is 0 Å². The molecule has 1 heteroatoms. The van der Waals surface area contributed by atoms with E-state index in [9.17, 15) is 0 Å². The van der Waals surface area contributed by atoms with Crippen LogP contribution in [0.3, 0.4) is 0 Å². The lowest BCUT2D eigenvalue weighted by atomic mass is 10.1. The highest BCUT2D eigenvalue weighted by Gasteiger charge is 1.87. The first-order valence-electron chi connectivity index (χ1n) is 3.49. The molecule has 0 saturated carbocycles. The topological polar surface area (TPSA) is 0 Å². The molecule has 54 valence electrons. The fourth-order valence-corrected chi connectivity index (χ4v) is 1.04. The van der Waals surface area contributed by atoms with Gasteiger partial charge in [-0.15, -0.1) is 0 Å². The van der Waals surface area contributed by atoms with Gasteiger partial charge in [0.1, 0.15) is 0 Å². The predicted octanol–water partition coefficient (Wildman–Crippen LogP) is 3.52. The summed E-state index contributed by atoms with van der Waals surface area (Å²) in [6.07, 6.45) is 6.07. The second-order valence-corrected chi connectivity index (χ2v) is 3.07. The summed E-state index contributed by atoms with van der Waals surface area (Å²) in [4.78, 5) is 0. The third kappa shape index (κ3) is 6.10. The molecular formula is C8H15Br. The molecule has 0 heterocycles. The molecule has 0 aromatic carbocycles. The van der Waals surface area contributed by atoms with Crippen molar-refractivity contribution in [1.29, 1.82) is 0 Å². The molecule has 0 amide bonds. The van der Waals surface area contributed by atoms with Gasteiger partial charge in [0.25, 0.3) is 0 Å². The number of alkyl halides is 1. The Labute approximate surface area is 66.5 Å². The number of allylic oxidation sites excluding steroid dienone is 2. The minimum absolute atomic E-state index is 1.14. The molecule has 0 aliphatic rings. The van der Waals surface area contributed by atoms with Gasteiger partial charge in [-0.05, 0) is 33.1 Å². The monoisotopic (exact) mass is 190 g/mol. The van der Waals surface area contributed by atoms with Crippen LogP contribution in [0.15, 0.2) is 11.6 Å². The normalized spacial score (nSPS) is 12.1. The van der Waals surface area contributed by atoms with Crippen molar-refractivity contribution in [2.45, 2.75) is 33.1 Å². The van der Waals surface area contributed by atoms with Crippen molar-refractivity contribution in [3.8, 4) is 0 Å². The zero-order valence-electron chi connectivity index (χ0n) is 6.28. The van der Waals surface area contributed by atoms with Crippen LogP contribution in [0.25, 0.3) is 0 Å². The summed E-state index contributed by atoms with van der Waals surface area (Å²) in [6.45, 7) is 4.29. The zero-order chi connectivity index (χ0) is 7.11. The molecule has 0 aromatic rings. The van der Waals surface area contributed by atoms with Gasteiger partial charge in [0.05, 0.1) is 0 Å². The van der Waals surface area contributed by atoms with E-state index < -0.39 is 0 Å². The molecule has 0 atom stereocenters. The summed E-state index contributed by atoms with van der Waals surface area (Å²) < 4.78 is 0. The Balaban J connectivity index is 3.07. The van der Waals surface area contributed by atoms with Crippen molar-refractivity contribution in [1.82, 2.24) is 0 Å². The van der Waals surface area contributed by atoms with Crippen molar-refractivity contribution < 1.29 is 0 Å². The summed E-state index contributed by atoms with van der Waals surface area (Å²) in [6, 6.07) is 0. The van der Waals surface area contributed by atoms with E-state index in [0.29, 0.717) is 0 Å². The maximum Gasteiger partial charge on any atom is 0.00314 e. The molecule has 0 N–H and O–H groups in total. The highest BCUT2D eigenvalue weighted by molar-refractivity contribution is 9.09. The minimum atomic E-state index is 1.14. The molecule has 0 bridgehead atoms. The maximum absolute atomic E-state index is 3.40. The Kier molecular flexibility index (Phi) is 6.50. The van der Waals surface area contributed by atoms with Crippen molar-refractivity contribution in [3.05, 3.63) is 11.6 Å². The highest BCUT2D eigenvalue weighted by atomic mass is 79.9. The number of hydrogen-bond acceptors (Lipinski definition) is 0. The largest absolute Gasteiger partial charge is 0.0928 e. The lowest BCUT2D eigenvalue weighted by Gasteiger charge is -1.96. The van der Waals surface area contributed by atoms with Gasteiger partial charge in [-0.1, -0.05) is 27.6 Å². The smallest absolute Gasteiger partial charge is 0.00314 e. The summed E-state index contributed by atoms with van der Waals surface area (Å²) in [5, 5.41) is 1.14. The number of hydrogen-bond donors (Lipinski definition) is 0. The fourth-order valence-electron chi connectivity index (χ4n) is 0.643. The van der Waals surface area contributed by atoms with E-state index in [1.807, 2.05) is 0 Å². The second kappa shape index (κ2) is 6.34. The van der Waals surface area contributed by atoms with Crippen LogP contribution in [-0.4, -0.2) is 5.33 Å². The van der Waals surface area contributed by atoms with E-state index in [1.165, 1.54) is 24.8 Å². The summed E-state index contributed by atoms with van der Waals surface area (Å²) in [5.74, 6) is 0. The van der Waals surface area contributed by atoms with Crippen LogP contribution in [0.1, 0.15) is 33.1 Å². The van der Waals surface area contributed by atoms with Crippen molar-refractivity contribution >= 4 is 15.9 Å². The standard InChI is InChI=1S/C8H15Br/c1-3-8(2)6-4-5-7-9/h3H,4-7H2,1-2H3/b8-3+. The number of unbranched alkanes of at least 4 members (excludes halogenated alkanes) is 1. The van der Waals surface area contributed by atoms with Crippen LogP contribution in [-0.2, 0) is 0 Å². The van der Waals surface area contributed by atoms with Crippen molar-refractivity contribution in [3.63, 3.8) is 0 Å². The summed E-state index contributed by atoms with van der Waals surface area (Å²) in [5.41, 5.74) is 1.51. The molecule has 0 rings (SSSR count). The lowest BCUT2D eigenvalue weighted by molar-refractivity contribution is 0.796. The summed E-state index contributed by atoms with van der Waals surface area (Å²) >= 11 is 3.40. The number of rotatable bonds is 4. The first kappa shape index (κ1) is 9.22. The molecule has 0 fully saturated rings. The predicted molar refractivity (Wildman–Crippen MR) is 47.1 cm³/mol. The quantitative estimate of drug-likeness (QED) is 0.362. The van der Waals surface area contributed by atoms with Gasteiger partial charge in [0.2, 0.25) is 0 Å². The van der Waals surface area contributed by atoms with E-state index in [1.54, 1.807) is 0 Å². The van der Waals surface area contributed by atoms with Crippen molar-refractivity contribution in [2.75, 3.05) is 5.33 Å². The molecule has 0 radical (unpaired) electrons. The Morgan fingerprint density at radius 2 is 2.11 bits per heavy atom.